The van der Waals surface area contributed by atoms with Gasteiger partial charge in [-0.15, -0.1) is 0 Å². The van der Waals surface area contributed by atoms with Gasteiger partial charge in [0.25, 0.3) is 5.56 Å². The Hall–Kier alpha value is -2.61. The third-order valence-corrected chi connectivity index (χ3v) is 5.51. The molecule has 1 aliphatic rings. The molecule has 148 valence electrons. The predicted octanol–water partition coefficient (Wildman–Crippen LogP) is 1.94. The van der Waals surface area contributed by atoms with Crippen LogP contribution in [0, 0.1) is 0 Å². The van der Waals surface area contributed by atoms with Gasteiger partial charge in [0.2, 0.25) is 5.91 Å². The number of aromatic nitrogens is 2. The molecule has 8 heteroatoms. The van der Waals surface area contributed by atoms with Crippen LogP contribution in [-0.4, -0.2) is 45.6 Å². The van der Waals surface area contributed by atoms with Gasteiger partial charge in [-0.05, 0) is 17.5 Å². The van der Waals surface area contributed by atoms with Crippen molar-refractivity contribution < 1.29 is 14.3 Å². The maximum Gasteiger partial charge on any atom is 0.328 e. The molecule has 0 radical (unpaired) electrons. The van der Waals surface area contributed by atoms with E-state index in [0.29, 0.717) is 30.2 Å². The highest BCUT2D eigenvalue weighted by Crippen LogP contribution is 2.25. The fourth-order valence-electron chi connectivity index (χ4n) is 3.28. The molecule has 3 rings (SSSR count). The zero-order valence-corrected chi connectivity index (χ0v) is 16.8. The summed E-state index contributed by atoms with van der Waals surface area (Å²) in [6, 6.07) is 8.60. The first-order chi connectivity index (χ1) is 13.5. The van der Waals surface area contributed by atoms with Crippen LogP contribution >= 0.6 is 11.8 Å². The molecule has 0 bridgehead atoms. The first-order valence-corrected chi connectivity index (χ1v) is 10.2. The van der Waals surface area contributed by atoms with Crippen LogP contribution in [0.3, 0.4) is 0 Å². The van der Waals surface area contributed by atoms with E-state index in [4.69, 9.17) is 4.74 Å². The molecule has 1 aromatic heterocycles. The van der Waals surface area contributed by atoms with Crippen molar-refractivity contribution in [2.45, 2.75) is 43.9 Å². The molecule has 1 N–H and O–H groups in total. The van der Waals surface area contributed by atoms with Crippen molar-refractivity contribution in [1.29, 1.82) is 0 Å². The number of hydrogen-bond donors (Lipinski definition) is 1. The first kappa shape index (κ1) is 20.1. The molecule has 0 unspecified atom stereocenters. The summed E-state index contributed by atoms with van der Waals surface area (Å²) in [5.41, 5.74) is 2.55. The average molecular weight is 401 g/mol. The number of aromatic amines is 1. The highest BCUT2D eigenvalue weighted by Gasteiger charge is 2.35. The second-order valence-electron chi connectivity index (χ2n) is 6.61. The molecule has 0 fully saturated rings. The van der Waals surface area contributed by atoms with Crippen LogP contribution in [0.1, 0.15) is 30.2 Å². The number of rotatable bonds is 6. The maximum absolute atomic E-state index is 12.9. The number of nitrogens with one attached hydrogen (secondary N) is 1. The van der Waals surface area contributed by atoms with E-state index in [-0.39, 0.29) is 17.2 Å². The van der Waals surface area contributed by atoms with Gasteiger partial charge in [0, 0.05) is 24.7 Å². The number of methoxy groups -OCH3 is 1. The molecule has 28 heavy (non-hydrogen) atoms. The minimum Gasteiger partial charge on any atom is -0.467 e. The lowest BCUT2D eigenvalue weighted by molar-refractivity contribution is -0.153. The summed E-state index contributed by atoms with van der Waals surface area (Å²) >= 11 is 1.17. The Kier molecular flexibility index (Phi) is 6.51. The summed E-state index contributed by atoms with van der Waals surface area (Å²) < 4.78 is 4.91. The van der Waals surface area contributed by atoms with Crippen LogP contribution < -0.4 is 5.56 Å². The molecule has 1 aromatic carbocycles. The van der Waals surface area contributed by atoms with Crippen molar-refractivity contribution in [2.75, 3.05) is 12.9 Å². The number of H-pyrrole nitrogens is 1. The number of benzene rings is 1. The monoisotopic (exact) mass is 401 g/mol. The maximum atomic E-state index is 12.9. The normalized spacial score (nSPS) is 15.8. The lowest BCUT2D eigenvalue weighted by Gasteiger charge is -2.35. The summed E-state index contributed by atoms with van der Waals surface area (Å²) in [5, 5.41) is 0.413. The minimum atomic E-state index is -0.647. The van der Waals surface area contributed by atoms with Crippen molar-refractivity contribution in [2.24, 2.45) is 0 Å². The van der Waals surface area contributed by atoms with Gasteiger partial charge in [0.15, 0.2) is 5.16 Å². The molecular formula is C20H23N3O4S. The molecule has 1 aliphatic heterocycles. The standard InChI is InChI=1S/C20H23N3O4S/c1-3-6-15-10-17(24)22-20(21-15)28-12-18(25)23-11-14-8-5-4-7-13(14)9-16(23)19(26)27-2/h4-5,7-8,10,16H,3,6,9,11-12H2,1-2H3,(H,21,22,24)/t16-/m1/s1. The summed E-state index contributed by atoms with van der Waals surface area (Å²) in [6.07, 6.45) is 2.02. The van der Waals surface area contributed by atoms with E-state index in [1.807, 2.05) is 31.2 Å². The van der Waals surface area contributed by atoms with E-state index < -0.39 is 12.0 Å². The number of nitrogens with zero attached hydrogens (tertiary/aromatic N) is 2. The number of fused-ring (bicyclic) bond motifs is 1. The summed E-state index contributed by atoms with van der Waals surface area (Å²) in [6.45, 7) is 2.37. The number of aryl methyl sites for hydroxylation is 1. The molecule has 1 atom stereocenters. The van der Waals surface area contributed by atoms with Crippen LogP contribution in [-0.2, 0) is 33.7 Å². The summed E-state index contributed by atoms with van der Waals surface area (Å²) in [7, 11) is 1.33. The number of amides is 1. The van der Waals surface area contributed by atoms with Gasteiger partial charge in [-0.2, -0.15) is 0 Å². The highest BCUT2D eigenvalue weighted by atomic mass is 32.2. The molecule has 1 amide bonds. The van der Waals surface area contributed by atoms with Gasteiger partial charge in [-0.1, -0.05) is 49.4 Å². The molecule has 0 saturated heterocycles. The Morgan fingerprint density at radius 2 is 2.07 bits per heavy atom. The number of hydrogen-bond acceptors (Lipinski definition) is 6. The lowest BCUT2D eigenvalue weighted by Crippen LogP contribution is -2.49. The van der Waals surface area contributed by atoms with Gasteiger partial charge in [0.1, 0.15) is 6.04 Å². The van der Waals surface area contributed by atoms with Gasteiger partial charge >= 0.3 is 5.97 Å². The largest absolute Gasteiger partial charge is 0.467 e. The van der Waals surface area contributed by atoms with Crippen LogP contribution in [0.15, 0.2) is 40.3 Å². The second kappa shape index (κ2) is 9.05. The first-order valence-electron chi connectivity index (χ1n) is 9.19. The zero-order chi connectivity index (χ0) is 20.1. The molecule has 2 aromatic rings. The van der Waals surface area contributed by atoms with Crippen molar-refractivity contribution in [1.82, 2.24) is 14.9 Å². The Morgan fingerprint density at radius 3 is 2.79 bits per heavy atom. The van der Waals surface area contributed by atoms with E-state index >= 15 is 0 Å². The number of ether oxygens (including phenoxy) is 1. The predicted molar refractivity (Wildman–Crippen MR) is 106 cm³/mol. The number of carbonyl (C=O) groups excluding carboxylic acids is 2. The fourth-order valence-corrected chi connectivity index (χ4v) is 4.06. The van der Waals surface area contributed by atoms with Gasteiger partial charge in [0.05, 0.1) is 12.9 Å². The zero-order valence-electron chi connectivity index (χ0n) is 15.9. The Morgan fingerprint density at radius 1 is 1.32 bits per heavy atom. The summed E-state index contributed by atoms with van der Waals surface area (Å²) in [4.78, 5) is 45.5. The molecule has 0 aliphatic carbocycles. The third-order valence-electron chi connectivity index (χ3n) is 4.65. The van der Waals surface area contributed by atoms with Crippen molar-refractivity contribution in [3.05, 3.63) is 57.5 Å². The topological polar surface area (TPSA) is 92.4 Å². The van der Waals surface area contributed by atoms with Gasteiger partial charge in [-0.3, -0.25) is 9.59 Å². The SMILES string of the molecule is CCCc1cc(=O)[nH]c(SCC(=O)N2Cc3ccccc3C[C@@H]2C(=O)OC)n1. The summed E-state index contributed by atoms with van der Waals surface area (Å²) in [5.74, 6) is -0.545. The van der Waals surface area contributed by atoms with Crippen LogP contribution in [0.25, 0.3) is 0 Å². The van der Waals surface area contributed by atoms with Crippen LogP contribution in [0.5, 0.6) is 0 Å². The lowest BCUT2D eigenvalue weighted by atomic mass is 9.94. The number of thioether (sulfide) groups is 1. The molecule has 2 heterocycles. The third kappa shape index (κ3) is 4.62. The van der Waals surface area contributed by atoms with E-state index in [2.05, 4.69) is 9.97 Å². The fraction of sp³-hybridized carbons (Fsp3) is 0.400. The Labute approximate surface area is 167 Å². The molecule has 7 nitrogen and oxygen atoms in total. The molecular weight excluding hydrogens is 378 g/mol. The van der Waals surface area contributed by atoms with Gasteiger partial charge < -0.3 is 14.6 Å². The number of carbonyl (C=O) groups is 2. The van der Waals surface area contributed by atoms with Crippen molar-refractivity contribution in [3.63, 3.8) is 0 Å². The molecule has 0 spiro atoms. The second-order valence-corrected chi connectivity index (χ2v) is 7.58. The Balaban J connectivity index is 1.75. The van der Waals surface area contributed by atoms with E-state index in [1.54, 1.807) is 4.90 Å². The minimum absolute atomic E-state index is 0.0776. The van der Waals surface area contributed by atoms with Crippen molar-refractivity contribution in [3.8, 4) is 0 Å². The van der Waals surface area contributed by atoms with E-state index in [0.717, 1.165) is 17.5 Å². The van der Waals surface area contributed by atoms with Crippen LogP contribution in [0.2, 0.25) is 0 Å². The number of esters is 1. The highest BCUT2D eigenvalue weighted by molar-refractivity contribution is 7.99. The molecule has 0 saturated carbocycles. The smallest absolute Gasteiger partial charge is 0.328 e. The Bertz CT molecular complexity index is 928. The van der Waals surface area contributed by atoms with E-state index in [1.165, 1.54) is 24.9 Å². The average Bonchev–Trinajstić information content (AvgIpc) is 2.70. The van der Waals surface area contributed by atoms with E-state index in [9.17, 15) is 14.4 Å². The quantitative estimate of drug-likeness (QED) is 0.452. The van der Waals surface area contributed by atoms with Crippen molar-refractivity contribution >= 4 is 23.6 Å². The van der Waals surface area contributed by atoms with Gasteiger partial charge in [-0.25, -0.2) is 9.78 Å². The van der Waals surface area contributed by atoms with Crippen LogP contribution in [0.4, 0.5) is 0 Å².